The second kappa shape index (κ2) is 36.5. The number of aliphatic hydroxyl groups excluding tert-OH is 1. The molecule has 0 aromatic heterocycles. The van der Waals surface area contributed by atoms with Crippen LogP contribution in [-0.4, -0.2) is 82.6 Å². The van der Waals surface area contributed by atoms with Crippen molar-refractivity contribution in [3.05, 3.63) is 48.6 Å². The third kappa shape index (κ3) is 36.7. The maximum absolute atomic E-state index is 12.7. The number of esters is 2. The molecular weight excluding hydrogens is 814 g/mol. The number of ether oxygens (including phenoxy) is 3. The first-order valence-electron chi connectivity index (χ1n) is 22.5. The van der Waals surface area contributed by atoms with E-state index in [1.807, 2.05) is 12.2 Å². The van der Waals surface area contributed by atoms with Crippen LogP contribution >= 0.6 is 15.6 Å². The van der Waals surface area contributed by atoms with E-state index in [-0.39, 0.29) is 12.8 Å². The highest BCUT2D eigenvalue weighted by Gasteiger charge is 2.36. The molecule has 0 aliphatic carbocycles. The van der Waals surface area contributed by atoms with E-state index in [0.717, 1.165) is 64.2 Å². The molecule has 0 spiro atoms. The van der Waals surface area contributed by atoms with Crippen molar-refractivity contribution in [2.24, 2.45) is 0 Å². The van der Waals surface area contributed by atoms with Crippen LogP contribution in [0, 0.1) is 0 Å². The van der Waals surface area contributed by atoms with Gasteiger partial charge in [0.05, 0.1) is 32.0 Å². The lowest BCUT2D eigenvalue weighted by Crippen LogP contribution is -2.30. The van der Waals surface area contributed by atoms with Gasteiger partial charge >= 0.3 is 27.6 Å². The third-order valence-corrected chi connectivity index (χ3v) is 11.0. The van der Waals surface area contributed by atoms with Gasteiger partial charge in [0.2, 0.25) is 0 Å². The van der Waals surface area contributed by atoms with Crippen molar-refractivity contribution in [2.75, 3.05) is 26.4 Å². The average molecular weight is 893 g/mol. The number of hydrogen-bond donors (Lipinski definition) is 4. The predicted molar refractivity (Wildman–Crippen MR) is 234 cm³/mol. The van der Waals surface area contributed by atoms with E-state index < -0.39 is 66.2 Å². The molecule has 4 N–H and O–H groups in total. The smallest absolute Gasteiger partial charge is 0.462 e. The van der Waals surface area contributed by atoms with E-state index in [9.17, 15) is 28.7 Å². The van der Waals surface area contributed by atoms with Crippen molar-refractivity contribution >= 4 is 27.6 Å². The maximum Gasteiger partial charge on any atom is 0.472 e. The standard InChI is InChI=1S/C44H78O14P2/c1-3-5-7-9-11-12-13-14-15-16-17-18-21-26-30-34-44(47)57-40(38-56-60(51,52)55-36-39(45)35-54-59(48,49)50)37-53-43(46)33-29-25-22-19-20-24-28-32-42-41(58-42)31-27-23-10-8-6-4-2/h12-13,19,22-24,27-28,39-42,45H,3-11,14-18,20-21,25-26,29-38H2,1-2H3,(H,51,52)(H2,48,49,50)/b13-12-,22-19-,27-23-,28-24-/t39-,40+,41?,42?/m0/s1. The summed E-state index contributed by atoms with van der Waals surface area (Å²) in [5, 5.41) is 9.75. The van der Waals surface area contributed by atoms with Gasteiger partial charge in [0.1, 0.15) is 12.7 Å². The van der Waals surface area contributed by atoms with Gasteiger partial charge in [0.15, 0.2) is 6.10 Å². The van der Waals surface area contributed by atoms with Crippen LogP contribution in [0.15, 0.2) is 48.6 Å². The quantitative estimate of drug-likeness (QED) is 0.0148. The molecule has 1 heterocycles. The second-order valence-corrected chi connectivity index (χ2v) is 18.0. The minimum absolute atomic E-state index is 0.111. The van der Waals surface area contributed by atoms with Crippen molar-refractivity contribution in [1.82, 2.24) is 0 Å². The number of unbranched alkanes of at least 4 members (excludes halogenated alkanes) is 15. The fraction of sp³-hybridized carbons (Fsp3) is 0.773. The van der Waals surface area contributed by atoms with Crippen molar-refractivity contribution in [1.29, 1.82) is 0 Å². The Morgan fingerprint density at radius 3 is 1.68 bits per heavy atom. The summed E-state index contributed by atoms with van der Waals surface area (Å²) in [6, 6.07) is 0. The Morgan fingerprint density at radius 1 is 0.567 bits per heavy atom. The molecule has 0 saturated carbocycles. The van der Waals surface area contributed by atoms with Crippen LogP contribution in [0.3, 0.4) is 0 Å². The van der Waals surface area contributed by atoms with Gasteiger partial charge in [0.25, 0.3) is 0 Å². The van der Waals surface area contributed by atoms with Gasteiger partial charge in [-0.1, -0.05) is 127 Å². The summed E-state index contributed by atoms with van der Waals surface area (Å²) in [6.45, 7) is 1.64. The Hall–Kier alpha value is -1.96. The fourth-order valence-electron chi connectivity index (χ4n) is 6.02. The Kier molecular flexibility index (Phi) is 34.1. The Balaban J connectivity index is 2.39. The molecule has 5 atom stereocenters. The van der Waals surface area contributed by atoms with Crippen molar-refractivity contribution in [2.45, 2.75) is 192 Å². The first kappa shape index (κ1) is 56.1. The van der Waals surface area contributed by atoms with Crippen LogP contribution in [0.4, 0.5) is 0 Å². The monoisotopic (exact) mass is 892 g/mol. The van der Waals surface area contributed by atoms with E-state index in [1.165, 1.54) is 57.8 Å². The number of phosphoric acid groups is 2. The summed E-state index contributed by atoms with van der Waals surface area (Å²) in [4.78, 5) is 52.7. The van der Waals surface area contributed by atoms with Crippen molar-refractivity contribution in [3.63, 3.8) is 0 Å². The van der Waals surface area contributed by atoms with Gasteiger partial charge in [-0.2, -0.15) is 0 Å². The number of carbonyl (C=O) groups is 2. The molecular formula is C44H78O14P2. The highest BCUT2D eigenvalue weighted by Crippen LogP contribution is 2.44. The molecule has 0 amide bonds. The number of allylic oxidation sites excluding steroid dienone is 6. The highest BCUT2D eigenvalue weighted by atomic mass is 31.2. The lowest BCUT2D eigenvalue weighted by Gasteiger charge is -2.20. The molecule has 0 bridgehead atoms. The zero-order valence-corrected chi connectivity index (χ0v) is 38.3. The molecule has 348 valence electrons. The minimum atomic E-state index is -4.87. The Morgan fingerprint density at radius 2 is 1.03 bits per heavy atom. The van der Waals surface area contributed by atoms with Crippen molar-refractivity contribution in [3.8, 4) is 0 Å². The Bertz CT molecular complexity index is 1310. The Labute approximate surface area is 360 Å². The molecule has 1 saturated heterocycles. The van der Waals surface area contributed by atoms with Crippen LogP contribution in [0.2, 0.25) is 0 Å². The SMILES string of the molecule is CCCCC/C=C\CC1OC1C/C=C\C/C=C\CCCC(=O)OC[C@H](COP(=O)(O)OC[C@@H](O)COP(=O)(O)O)OC(=O)CCCCCCCCC/C=C\CCCCCC. The van der Waals surface area contributed by atoms with Gasteiger partial charge in [0, 0.05) is 12.8 Å². The van der Waals surface area contributed by atoms with Crippen LogP contribution in [-0.2, 0) is 46.5 Å². The molecule has 0 aromatic carbocycles. The zero-order valence-electron chi connectivity index (χ0n) is 36.5. The third-order valence-electron chi connectivity index (χ3n) is 9.58. The summed E-state index contributed by atoms with van der Waals surface area (Å²) >= 11 is 0. The first-order chi connectivity index (χ1) is 28.8. The molecule has 1 aliphatic heterocycles. The summed E-state index contributed by atoms with van der Waals surface area (Å²) < 4.78 is 53.5. The molecule has 16 heteroatoms. The van der Waals surface area contributed by atoms with Crippen molar-refractivity contribution < 1.29 is 66.3 Å². The first-order valence-corrected chi connectivity index (χ1v) is 25.5. The molecule has 1 rings (SSSR count). The maximum atomic E-state index is 12.7. The van der Waals surface area contributed by atoms with E-state index in [4.69, 9.17) is 28.5 Å². The summed E-state index contributed by atoms with van der Waals surface area (Å²) in [5.41, 5.74) is 0. The van der Waals surface area contributed by atoms with E-state index in [2.05, 4.69) is 59.4 Å². The largest absolute Gasteiger partial charge is 0.472 e. The molecule has 1 fully saturated rings. The van der Waals surface area contributed by atoms with Crippen LogP contribution in [0.25, 0.3) is 0 Å². The summed E-state index contributed by atoms with van der Waals surface area (Å²) in [5.74, 6) is -1.11. The topological polar surface area (TPSA) is 208 Å². The van der Waals surface area contributed by atoms with Crippen LogP contribution < -0.4 is 0 Å². The molecule has 0 radical (unpaired) electrons. The number of phosphoric ester groups is 2. The molecule has 3 unspecified atom stereocenters. The predicted octanol–water partition coefficient (Wildman–Crippen LogP) is 10.4. The summed E-state index contributed by atoms with van der Waals surface area (Å²) in [6.07, 6.45) is 38.5. The average Bonchev–Trinajstić information content (AvgIpc) is 3.96. The number of aliphatic hydroxyl groups is 1. The van der Waals surface area contributed by atoms with Crippen LogP contribution in [0.5, 0.6) is 0 Å². The number of epoxide rings is 1. The lowest BCUT2D eigenvalue weighted by atomic mass is 10.1. The minimum Gasteiger partial charge on any atom is -0.462 e. The summed E-state index contributed by atoms with van der Waals surface area (Å²) in [7, 11) is -9.70. The number of rotatable bonds is 41. The normalized spacial score (nSPS) is 17.8. The molecule has 60 heavy (non-hydrogen) atoms. The highest BCUT2D eigenvalue weighted by molar-refractivity contribution is 7.47. The zero-order chi connectivity index (χ0) is 44.2. The van der Waals surface area contributed by atoms with E-state index in [1.54, 1.807) is 0 Å². The van der Waals surface area contributed by atoms with E-state index in [0.29, 0.717) is 31.5 Å². The lowest BCUT2D eigenvalue weighted by molar-refractivity contribution is -0.161. The van der Waals surface area contributed by atoms with Gasteiger partial charge in [-0.3, -0.25) is 23.2 Å². The van der Waals surface area contributed by atoms with E-state index >= 15 is 0 Å². The number of carbonyl (C=O) groups excluding carboxylic acids is 2. The molecule has 1 aliphatic rings. The van der Waals surface area contributed by atoms with Gasteiger partial charge < -0.3 is 34.0 Å². The van der Waals surface area contributed by atoms with Gasteiger partial charge in [-0.25, -0.2) is 9.13 Å². The van der Waals surface area contributed by atoms with Crippen LogP contribution in [0.1, 0.15) is 168 Å². The fourth-order valence-corrected chi connectivity index (χ4v) is 7.18. The molecule has 14 nitrogen and oxygen atoms in total. The number of hydrogen-bond acceptors (Lipinski definition) is 11. The molecule has 0 aromatic rings. The van der Waals surface area contributed by atoms with Gasteiger partial charge in [-0.15, -0.1) is 0 Å². The van der Waals surface area contributed by atoms with Gasteiger partial charge in [-0.05, 0) is 77.0 Å². The second-order valence-electron chi connectivity index (χ2n) is 15.4.